The van der Waals surface area contributed by atoms with Crippen molar-refractivity contribution in [1.29, 1.82) is 5.26 Å². The largest absolute Gasteiger partial charge is 0.383 e. The van der Waals surface area contributed by atoms with Crippen molar-refractivity contribution in [2.45, 2.75) is 50.9 Å². The number of benzene rings is 1. The average Bonchev–Trinajstić information content (AvgIpc) is 3.23. The van der Waals surface area contributed by atoms with Gasteiger partial charge in [0.2, 0.25) is 0 Å². The summed E-state index contributed by atoms with van der Waals surface area (Å²) < 4.78 is 0. The first-order chi connectivity index (χ1) is 15.1. The number of hydrazine groups is 1. The van der Waals surface area contributed by atoms with Gasteiger partial charge in [0.05, 0.1) is 17.6 Å². The Bertz CT molecular complexity index is 1140. The number of hydrogen-bond acceptors (Lipinski definition) is 6. The molecule has 0 amide bonds. The molecule has 2 heterocycles. The van der Waals surface area contributed by atoms with Crippen LogP contribution in [0.3, 0.4) is 0 Å². The molecule has 166 valence electrons. The first-order valence-corrected chi connectivity index (χ1v) is 11.7. The zero-order valence-electron chi connectivity index (χ0n) is 19.3. The van der Waals surface area contributed by atoms with Gasteiger partial charge in [0.1, 0.15) is 5.82 Å². The summed E-state index contributed by atoms with van der Waals surface area (Å²) in [5.41, 5.74) is 9.83. The Balaban J connectivity index is 1.88. The molecule has 2 aliphatic rings. The Morgan fingerprint density at radius 3 is 2.38 bits per heavy atom. The Morgan fingerprint density at radius 1 is 1.12 bits per heavy atom. The number of rotatable bonds is 3. The molecule has 0 fully saturated rings. The molecule has 1 aliphatic heterocycles. The summed E-state index contributed by atoms with van der Waals surface area (Å²) in [6.07, 6.45) is 1.15. The average molecular weight is 447 g/mol. The smallest absolute Gasteiger partial charge is 0.162 e. The Kier molecular flexibility index (Phi) is 5.74. The number of allylic oxidation sites excluding steroid dienone is 3. The highest BCUT2D eigenvalue weighted by Gasteiger charge is 2.43. The maximum atomic E-state index is 13.7. The minimum Gasteiger partial charge on any atom is -0.383 e. The van der Waals surface area contributed by atoms with E-state index in [0.717, 1.165) is 21.7 Å². The molecule has 2 atom stereocenters. The van der Waals surface area contributed by atoms with Crippen molar-refractivity contribution in [2.24, 2.45) is 5.73 Å². The lowest BCUT2D eigenvalue weighted by molar-refractivity contribution is -0.117. The SMILES string of the molecule is CN(C)N1C(N)=C(C#N)C(c2ccc(C(C)(C)C)s2)C2=C1CC(c1ccccc1)CC2=O. The van der Waals surface area contributed by atoms with Gasteiger partial charge in [0.15, 0.2) is 5.78 Å². The number of nitriles is 1. The molecular formula is C26H30N4OS. The molecule has 4 rings (SSSR count). The number of carbonyl (C=O) groups is 1. The topological polar surface area (TPSA) is 73.4 Å². The van der Waals surface area contributed by atoms with Crippen LogP contribution < -0.4 is 5.73 Å². The van der Waals surface area contributed by atoms with E-state index in [-0.39, 0.29) is 17.1 Å². The molecule has 2 unspecified atom stereocenters. The first-order valence-electron chi connectivity index (χ1n) is 10.9. The van der Waals surface area contributed by atoms with Gasteiger partial charge in [-0.3, -0.25) is 9.80 Å². The number of thiophene rings is 1. The Labute approximate surface area is 194 Å². The molecule has 0 spiro atoms. The van der Waals surface area contributed by atoms with Crippen LogP contribution in [-0.4, -0.2) is 29.9 Å². The van der Waals surface area contributed by atoms with Crippen molar-refractivity contribution in [3.05, 3.63) is 80.4 Å². The van der Waals surface area contributed by atoms with Crippen LogP contribution in [0.15, 0.2) is 65.1 Å². The predicted molar refractivity (Wildman–Crippen MR) is 129 cm³/mol. The monoisotopic (exact) mass is 446 g/mol. The van der Waals surface area contributed by atoms with Crippen LogP contribution >= 0.6 is 11.3 Å². The molecule has 0 bridgehead atoms. The molecule has 0 saturated heterocycles. The lowest BCUT2D eigenvalue weighted by Gasteiger charge is -2.43. The van der Waals surface area contributed by atoms with Crippen molar-refractivity contribution in [3.63, 3.8) is 0 Å². The van der Waals surface area contributed by atoms with Crippen molar-refractivity contribution in [2.75, 3.05) is 14.1 Å². The van der Waals surface area contributed by atoms with Gasteiger partial charge in [-0.2, -0.15) is 5.26 Å². The number of nitrogens with zero attached hydrogens (tertiary/aromatic N) is 3. The van der Waals surface area contributed by atoms with Gasteiger partial charge in [0.25, 0.3) is 0 Å². The van der Waals surface area contributed by atoms with E-state index in [9.17, 15) is 10.1 Å². The standard InChI is InChI=1S/C26H30N4OS/c1-26(2,3)22-12-11-21(32-22)23-18(15-27)25(28)30(29(4)5)19-13-17(14-20(31)24(19)23)16-9-7-6-8-10-16/h6-12,17,23H,13-14,28H2,1-5H3. The van der Waals surface area contributed by atoms with E-state index in [1.807, 2.05) is 42.3 Å². The second-order valence-corrected chi connectivity index (χ2v) is 10.9. The lowest BCUT2D eigenvalue weighted by atomic mass is 9.74. The van der Waals surface area contributed by atoms with Crippen LogP contribution in [0.2, 0.25) is 0 Å². The molecule has 0 radical (unpaired) electrons. The van der Waals surface area contributed by atoms with E-state index < -0.39 is 5.92 Å². The van der Waals surface area contributed by atoms with Crippen molar-refractivity contribution in [3.8, 4) is 6.07 Å². The number of Topliss-reactive ketones (excluding diaryl/α,β-unsaturated/α-hetero) is 1. The van der Waals surface area contributed by atoms with Crippen LogP contribution in [-0.2, 0) is 10.2 Å². The summed E-state index contributed by atoms with van der Waals surface area (Å²) in [6, 6.07) is 16.7. The molecule has 1 aliphatic carbocycles. The Hall–Kier alpha value is -2.88. The van der Waals surface area contributed by atoms with Gasteiger partial charge < -0.3 is 5.73 Å². The summed E-state index contributed by atoms with van der Waals surface area (Å²) in [5.74, 6) is 0.198. The number of carbonyl (C=O) groups excluding carboxylic acids is 1. The molecule has 5 nitrogen and oxygen atoms in total. The highest BCUT2D eigenvalue weighted by molar-refractivity contribution is 7.12. The van der Waals surface area contributed by atoms with Gasteiger partial charge in [-0.25, -0.2) is 5.01 Å². The quantitative estimate of drug-likeness (QED) is 0.717. The van der Waals surface area contributed by atoms with Crippen LogP contribution in [0, 0.1) is 11.3 Å². The van der Waals surface area contributed by atoms with Crippen LogP contribution in [0.4, 0.5) is 0 Å². The summed E-state index contributed by atoms with van der Waals surface area (Å²) in [5, 5.41) is 13.8. The Morgan fingerprint density at radius 2 is 1.81 bits per heavy atom. The van der Waals surface area contributed by atoms with Crippen LogP contribution in [0.25, 0.3) is 0 Å². The van der Waals surface area contributed by atoms with Crippen molar-refractivity contribution >= 4 is 17.1 Å². The van der Waals surface area contributed by atoms with E-state index in [4.69, 9.17) is 5.73 Å². The molecule has 0 saturated carbocycles. The molecule has 2 N–H and O–H groups in total. The fourth-order valence-corrected chi connectivity index (χ4v) is 5.91. The fraction of sp³-hybridized carbons (Fsp3) is 0.385. The number of hydrogen-bond donors (Lipinski definition) is 1. The van der Waals surface area contributed by atoms with E-state index >= 15 is 0 Å². The van der Waals surface area contributed by atoms with Gasteiger partial charge in [0, 0.05) is 41.5 Å². The van der Waals surface area contributed by atoms with E-state index in [2.05, 4.69) is 51.1 Å². The van der Waals surface area contributed by atoms with Crippen LogP contribution in [0.5, 0.6) is 0 Å². The lowest BCUT2D eigenvalue weighted by Crippen LogP contribution is -2.45. The summed E-state index contributed by atoms with van der Waals surface area (Å²) in [6.45, 7) is 6.52. The molecular weight excluding hydrogens is 416 g/mol. The third-order valence-electron chi connectivity index (χ3n) is 6.26. The van der Waals surface area contributed by atoms with Crippen molar-refractivity contribution < 1.29 is 4.79 Å². The summed E-state index contributed by atoms with van der Waals surface area (Å²) >= 11 is 1.67. The first kappa shape index (κ1) is 22.3. The highest BCUT2D eigenvalue weighted by atomic mass is 32.1. The molecule has 6 heteroatoms. The third kappa shape index (κ3) is 3.76. The minimum absolute atomic E-state index is 0.00150. The van der Waals surface area contributed by atoms with Crippen molar-refractivity contribution in [1.82, 2.24) is 10.0 Å². The summed E-state index contributed by atoms with van der Waals surface area (Å²) in [4.78, 5) is 15.9. The maximum Gasteiger partial charge on any atom is 0.162 e. The molecule has 32 heavy (non-hydrogen) atoms. The normalized spacial score (nSPS) is 21.8. The van der Waals surface area contributed by atoms with Gasteiger partial charge in [-0.05, 0) is 35.4 Å². The zero-order chi connectivity index (χ0) is 23.2. The van der Waals surface area contributed by atoms with Crippen LogP contribution in [0.1, 0.15) is 60.8 Å². The predicted octanol–water partition coefficient (Wildman–Crippen LogP) is 5.02. The van der Waals surface area contributed by atoms with E-state index in [0.29, 0.717) is 24.2 Å². The van der Waals surface area contributed by atoms with Gasteiger partial charge >= 0.3 is 0 Å². The maximum absolute atomic E-state index is 13.7. The second kappa shape index (κ2) is 8.23. The third-order valence-corrected chi connectivity index (χ3v) is 7.84. The van der Waals surface area contributed by atoms with Gasteiger partial charge in [-0.15, -0.1) is 11.3 Å². The van der Waals surface area contributed by atoms with E-state index in [1.54, 1.807) is 11.3 Å². The van der Waals surface area contributed by atoms with E-state index in [1.165, 1.54) is 4.88 Å². The molecule has 1 aromatic carbocycles. The second-order valence-electron chi connectivity index (χ2n) is 9.75. The molecule has 1 aromatic heterocycles. The number of nitrogens with two attached hydrogens (primary N) is 1. The summed E-state index contributed by atoms with van der Waals surface area (Å²) in [7, 11) is 3.79. The van der Waals surface area contributed by atoms with Gasteiger partial charge in [-0.1, -0.05) is 51.1 Å². The fourth-order valence-electron chi connectivity index (χ4n) is 4.73. The minimum atomic E-state index is -0.406. The number of ketones is 1. The zero-order valence-corrected chi connectivity index (χ0v) is 20.2. The molecule has 2 aromatic rings. The highest BCUT2D eigenvalue weighted by Crippen LogP contribution is 2.49.